The van der Waals surface area contributed by atoms with E-state index in [4.69, 9.17) is 14.8 Å². The van der Waals surface area contributed by atoms with Crippen molar-refractivity contribution < 1.29 is 4.74 Å². The average molecular weight is 702 g/mol. The molecule has 10 rings (SSSR count). The zero-order valence-electron chi connectivity index (χ0n) is 31.0. The summed E-state index contributed by atoms with van der Waals surface area (Å²) in [6.07, 6.45) is 4.01. The van der Waals surface area contributed by atoms with E-state index in [0.717, 1.165) is 61.4 Å². The number of hydrogen-bond acceptors (Lipinski definition) is 3. The Labute approximate surface area is 313 Å². The van der Waals surface area contributed by atoms with Gasteiger partial charge in [-0.15, -0.1) is 0 Å². The van der Waals surface area contributed by atoms with Crippen molar-refractivity contribution in [2.24, 2.45) is 0 Å². The predicted molar refractivity (Wildman–Crippen MR) is 222 cm³/mol. The Kier molecular flexibility index (Phi) is 7.08. The van der Waals surface area contributed by atoms with Gasteiger partial charge in [-0.2, -0.15) is 5.10 Å². The van der Waals surface area contributed by atoms with Crippen molar-refractivity contribution in [1.29, 1.82) is 0 Å². The van der Waals surface area contributed by atoms with E-state index in [-0.39, 0.29) is 5.41 Å². The molecule has 0 radical (unpaired) electrons. The first-order valence-electron chi connectivity index (χ1n) is 18.5. The third-order valence-corrected chi connectivity index (χ3v) is 10.7. The molecule has 0 atom stereocenters. The second-order valence-electron chi connectivity index (χ2n) is 15.4. The summed E-state index contributed by atoms with van der Waals surface area (Å²) in [7, 11) is 0. The van der Waals surface area contributed by atoms with Crippen molar-refractivity contribution in [2.75, 3.05) is 0 Å². The van der Waals surface area contributed by atoms with Gasteiger partial charge in [0.05, 0.1) is 39.0 Å². The Morgan fingerprint density at radius 3 is 2.02 bits per heavy atom. The molecule has 10 aromatic rings. The van der Waals surface area contributed by atoms with Crippen LogP contribution in [0.25, 0.3) is 71.7 Å². The fourth-order valence-electron chi connectivity index (χ4n) is 8.09. The second-order valence-corrected chi connectivity index (χ2v) is 15.4. The Bertz CT molecular complexity index is 3010. The number of fused-ring (bicyclic) bond motifs is 7. The van der Waals surface area contributed by atoms with E-state index in [1.807, 2.05) is 29.1 Å². The van der Waals surface area contributed by atoms with E-state index >= 15 is 0 Å². The fourth-order valence-corrected chi connectivity index (χ4v) is 8.09. The highest BCUT2D eigenvalue weighted by Gasteiger charge is 2.20. The molecule has 0 aliphatic carbocycles. The molecule has 0 aliphatic rings. The van der Waals surface area contributed by atoms with Crippen LogP contribution in [0.15, 0.2) is 146 Å². The van der Waals surface area contributed by atoms with Crippen LogP contribution >= 0.6 is 0 Å². The highest BCUT2D eigenvalue weighted by Crippen LogP contribution is 2.39. The first-order chi connectivity index (χ1) is 26.2. The molecule has 0 N–H and O–H groups in total. The maximum Gasteiger partial charge on any atom is 0.139 e. The molecule has 54 heavy (non-hydrogen) atoms. The molecule has 6 nitrogen and oxygen atoms in total. The maximum atomic E-state index is 6.77. The molecule has 0 saturated heterocycles. The van der Waals surface area contributed by atoms with Gasteiger partial charge in [-0.1, -0.05) is 93.6 Å². The number of pyridine rings is 1. The van der Waals surface area contributed by atoms with Gasteiger partial charge in [0.2, 0.25) is 0 Å². The number of ether oxygens (including phenoxy) is 1. The fraction of sp³-hybridized carbons (Fsp3) is 0.125. The third kappa shape index (κ3) is 5.09. The minimum Gasteiger partial charge on any atom is -0.457 e. The van der Waals surface area contributed by atoms with E-state index < -0.39 is 0 Å². The van der Waals surface area contributed by atoms with Crippen molar-refractivity contribution in [3.05, 3.63) is 163 Å². The topological polar surface area (TPSA) is 49.8 Å². The van der Waals surface area contributed by atoms with Crippen LogP contribution in [0.5, 0.6) is 11.5 Å². The van der Waals surface area contributed by atoms with Gasteiger partial charge in [-0.25, -0.2) is 9.67 Å². The summed E-state index contributed by atoms with van der Waals surface area (Å²) in [5.41, 5.74) is 11.1. The van der Waals surface area contributed by atoms with E-state index in [1.165, 1.54) is 38.5 Å². The lowest BCUT2D eigenvalue weighted by atomic mass is 9.86. The van der Waals surface area contributed by atoms with Crippen molar-refractivity contribution in [3.63, 3.8) is 0 Å². The number of rotatable bonds is 5. The lowest BCUT2D eigenvalue weighted by molar-refractivity contribution is 0.478. The van der Waals surface area contributed by atoms with Gasteiger partial charge in [0.15, 0.2) is 0 Å². The largest absolute Gasteiger partial charge is 0.457 e. The molecule has 0 saturated carbocycles. The molecule has 0 unspecified atom stereocenters. The van der Waals surface area contributed by atoms with Crippen molar-refractivity contribution in [2.45, 2.75) is 40.0 Å². The SMILES string of the molecule is Cc1cccc2c3cccc(C)c3n(-c3ccnc(-n4c5ccccc5c5ccc(Oc6cc(-n7cc8ccccc8n7)cc(C(C)(C)C)c6)cc54)c3)c12. The van der Waals surface area contributed by atoms with Crippen molar-refractivity contribution >= 4 is 54.5 Å². The molecule has 0 spiro atoms. The van der Waals surface area contributed by atoms with E-state index in [2.05, 4.69) is 165 Å². The molecule has 0 bridgehead atoms. The Morgan fingerprint density at radius 1 is 0.556 bits per heavy atom. The summed E-state index contributed by atoms with van der Waals surface area (Å²) in [5, 5.41) is 10.8. The minimum atomic E-state index is -0.0960. The second kappa shape index (κ2) is 11.9. The number of para-hydroxylation sites is 3. The highest BCUT2D eigenvalue weighted by atomic mass is 16.5. The van der Waals surface area contributed by atoms with Crippen LogP contribution in [0.4, 0.5) is 0 Å². The highest BCUT2D eigenvalue weighted by molar-refractivity contribution is 6.12. The number of aromatic nitrogens is 5. The van der Waals surface area contributed by atoms with Crippen LogP contribution < -0.4 is 4.74 Å². The third-order valence-electron chi connectivity index (χ3n) is 10.7. The molecule has 0 amide bonds. The van der Waals surface area contributed by atoms with Crippen LogP contribution in [0.2, 0.25) is 0 Å². The van der Waals surface area contributed by atoms with Gasteiger partial charge in [0, 0.05) is 57.5 Å². The van der Waals surface area contributed by atoms with Gasteiger partial charge in [-0.3, -0.25) is 4.57 Å². The normalized spacial score (nSPS) is 12.2. The molecule has 0 fully saturated rings. The van der Waals surface area contributed by atoms with Gasteiger partial charge < -0.3 is 9.30 Å². The zero-order chi connectivity index (χ0) is 36.7. The van der Waals surface area contributed by atoms with Gasteiger partial charge in [-0.05, 0) is 78.4 Å². The van der Waals surface area contributed by atoms with Gasteiger partial charge in [0.25, 0.3) is 0 Å². The maximum absolute atomic E-state index is 6.77. The summed E-state index contributed by atoms with van der Waals surface area (Å²) < 4.78 is 13.4. The molecule has 6 heteroatoms. The number of hydrogen-bond donors (Lipinski definition) is 0. The molecule has 262 valence electrons. The summed E-state index contributed by atoms with van der Waals surface area (Å²) in [5.74, 6) is 2.35. The molecule has 4 heterocycles. The Hall–Kier alpha value is -6.66. The zero-order valence-corrected chi connectivity index (χ0v) is 31.0. The van der Waals surface area contributed by atoms with Crippen molar-refractivity contribution in [3.8, 4) is 28.7 Å². The number of aryl methyl sites for hydroxylation is 2. The predicted octanol–water partition coefficient (Wildman–Crippen LogP) is 12.3. The standard InChI is InChI=1S/C48H39N5O/c1-30-12-10-16-40-41-17-11-13-31(2)47(41)52(46(30)40)34-22-23-49-45(27-34)53-43-19-9-7-15-38(43)39-21-20-36(28-44(39)53)54-37-25-33(48(3,4)5)24-35(26-37)51-29-32-14-6-8-18-42(32)50-51/h6-29H,1-5H3. The van der Waals surface area contributed by atoms with Crippen LogP contribution in [-0.4, -0.2) is 23.9 Å². The average Bonchev–Trinajstić information content (AvgIpc) is 3.86. The van der Waals surface area contributed by atoms with E-state index in [1.54, 1.807) is 0 Å². The summed E-state index contributed by atoms with van der Waals surface area (Å²) in [6.45, 7) is 11.1. The smallest absolute Gasteiger partial charge is 0.139 e. The van der Waals surface area contributed by atoms with Crippen LogP contribution in [0.1, 0.15) is 37.5 Å². The lowest BCUT2D eigenvalue weighted by Gasteiger charge is -2.21. The molecule has 4 aromatic heterocycles. The Balaban J connectivity index is 1.13. The summed E-state index contributed by atoms with van der Waals surface area (Å²) >= 11 is 0. The lowest BCUT2D eigenvalue weighted by Crippen LogP contribution is -2.12. The Morgan fingerprint density at radius 2 is 1.26 bits per heavy atom. The summed E-state index contributed by atoms with van der Waals surface area (Å²) in [6, 6.07) is 47.0. The number of benzene rings is 6. The molecular weight excluding hydrogens is 663 g/mol. The van der Waals surface area contributed by atoms with Gasteiger partial charge >= 0.3 is 0 Å². The monoisotopic (exact) mass is 701 g/mol. The first-order valence-corrected chi connectivity index (χ1v) is 18.5. The quantitative estimate of drug-likeness (QED) is 0.179. The van der Waals surface area contributed by atoms with E-state index in [9.17, 15) is 0 Å². The molecular formula is C48H39N5O. The van der Waals surface area contributed by atoms with E-state index in [0.29, 0.717) is 0 Å². The van der Waals surface area contributed by atoms with Crippen molar-refractivity contribution in [1.82, 2.24) is 23.9 Å². The molecule has 6 aromatic carbocycles. The van der Waals surface area contributed by atoms with Crippen LogP contribution in [0, 0.1) is 13.8 Å². The molecule has 0 aliphatic heterocycles. The number of nitrogens with zero attached hydrogens (tertiary/aromatic N) is 5. The summed E-state index contributed by atoms with van der Waals surface area (Å²) in [4.78, 5) is 5.01. The first kappa shape index (κ1) is 32.0. The van der Waals surface area contributed by atoms with Crippen LogP contribution in [-0.2, 0) is 5.41 Å². The van der Waals surface area contributed by atoms with Crippen LogP contribution in [0.3, 0.4) is 0 Å². The van der Waals surface area contributed by atoms with Gasteiger partial charge in [0.1, 0.15) is 17.3 Å². The minimum absolute atomic E-state index is 0.0960.